The molecule has 1 saturated carbocycles. The number of rotatable bonds is 3. The van der Waals surface area contributed by atoms with E-state index in [4.69, 9.17) is 0 Å². The van der Waals surface area contributed by atoms with Crippen molar-refractivity contribution in [2.45, 2.75) is 36.8 Å². The standard InChI is InChI=1S/C12H17N3S/c1-16-12-13-10(9-4-5-9)8-11(14-12)15-6-2-3-7-15/h8-9H,2-7H2,1H3. The molecule has 3 nitrogen and oxygen atoms in total. The van der Waals surface area contributed by atoms with Gasteiger partial charge in [-0.15, -0.1) is 0 Å². The first-order valence-corrected chi connectivity index (χ1v) is 7.27. The molecule has 0 radical (unpaired) electrons. The van der Waals surface area contributed by atoms with E-state index in [1.54, 1.807) is 11.8 Å². The van der Waals surface area contributed by atoms with Crippen molar-refractivity contribution in [3.8, 4) is 0 Å². The maximum atomic E-state index is 4.62. The molecule has 3 rings (SSSR count). The first kappa shape index (κ1) is 10.4. The van der Waals surface area contributed by atoms with E-state index in [1.165, 1.54) is 31.4 Å². The third-order valence-electron chi connectivity index (χ3n) is 3.32. The molecule has 0 unspecified atom stereocenters. The number of hydrogen-bond donors (Lipinski definition) is 0. The molecule has 2 aliphatic rings. The fourth-order valence-corrected chi connectivity index (χ4v) is 2.60. The number of nitrogens with zero attached hydrogens (tertiary/aromatic N) is 3. The van der Waals surface area contributed by atoms with Crippen LogP contribution in [0.1, 0.15) is 37.3 Å². The van der Waals surface area contributed by atoms with Crippen molar-refractivity contribution in [1.82, 2.24) is 9.97 Å². The molecule has 1 saturated heterocycles. The molecule has 1 aliphatic heterocycles. The number of thioether (sulfide) groups is 1. The van der Waals surface area contributed by atoms with Crippen LogP contribution in [-0.4, -0.2) is 29.3 Å². The van der Waals surface area contributed by atoms with Crippen molar-refractivity contribution in [2.75, 3.05) is 24.2 Å². The Kier molecular flexibility index (Phi) is 2.75. The van der Waals surface area contributed by atoms with Crippen molar-refractivity contribution in [3.63, 3.8) is 0 Å². The molecule has 0 amide bonds. The molecule has 86 valence electrons. The van der Waals surface area contributed by atoms with Gasteiger partial charge in [-0.1, -0.05) is 11.8 Å². The second-order valence-electron chi connectivity index (χ2n) is 4.61. The second kappa shape index (κ2) is 4.24. The zero-order chi connectivity index (χ0) is 11.0. The van der Waals surface area contributed by atoms with E-state index in [0.29, 0.717) is 0 Å². The van der Waals surface area contributed by atoms with Crippen molar-refractivity contribution >= 4 is 17.6 Å². The maximum Gasteiger partial charge on any atom is 0.189 e. The molecule has 0 bridgehead atoms. The molecule has 2 heterocycles. The van der Waals surface area contributed by atoms with Crippen LogP contribution < -0.4 is 4.90 Å². The van der Waals surface area contributed by atoms with E-state index < -0.39 is 0 Å². The highest BCUT2D eigenvalue weighted by molar-refractivity contribution is 7.98. The van der Waals surface area contributed by atoms with Gasteiger partial charge in [0.1, 0.15) is 5.82 Å². The van der Waals surface area contributed by atoms with Crippen molar-refractivity contribution in [1.29, 1.82) is 0 Å². The Bertz CT molecular complexity index is 384. The van der Waals surface area contributed by atoms with Crippen molar-refractivity contribution in [3.05, 3.63) is 11.8 Å². The van der Waals surface area contributed by atoms with Crippen LogP contribution in [0.2, 0.25) is 0 Å². The van der Waals surface area contributed by atoms with Crippen LogP contribution in [-0.2, 0) is 0 Å². The highest BCUT2D eigenvalue weighted by Gasteiger charge is 2.27. The molecular weight excluding hydrogens is 218 g/mol. The average molecular weight is 235 g/mol. The summed E-state index contributed by atoms with van der Waals surface area (Å²) in [4.78, 5) is 11.6. The van der Waals surface area contributed by atoms with Crippen LogP contribution in [0.5, 0.6) is 0 Å². The first-order valence-electron chi connectivity index (χ1n) is 6.05. The Morgan fingerprint density at radius 3 is 2.62 bits per heavy atom. The van der Waals surface area contributed by atoms with Gasteiger partial charge in [0.05, 0.1) is 5.69 Å². The number of anilines is 1. The minimum absolute atomic E-state index is 0.718. The van der Waals surface area contributed by atoms with Gasteiger partial charge >= 0.3 is 0 Å². The van der Waals surface area contributed by atoms with Gasteiger partial charge in [-0.3, -0.25) is 0 Å². The van der Waals surface area contributed by atoms with Crippen LogP contribution in [0.4, 0.5) is 5.82 Å². The minimum Gasteiger partial charge on any atom is -0.356 e. The SMILES string of the molecule is CSc1nc(C2CC2)cc(N2CCCC2)n1. The topological polar surface area (TPSA) is 29.0 Å². The average Bonchev–Trinajstić information content (AvgIpc) is 3.04. The molecule has 0 spiro atoms. The Balaban J connectivity index is 1.92. The number of hydrogen-bond acceptors (Lipinski definition) is 4. The summed E-state index contributed by atoms with van der Waals surface area (Å²) >= 11 is 1.65. The fraction of sp³-hybridized carbons (Fsp3) is 0.667. The quantitative estimate of drug-likeness (QED) is 0.595. The van der Waals surface area contributed by atoms with Crippen molar-refractivity contribution in [2.24, 2.45) is 0 Å². The van der Waals surface area contributed by atoms with Gasteiger partial charge in [0, 0.05) is 25.1 Å². The molecule has 0 atom stereocenters. The number of aromatic nitrogens is 2. The summed E-state index contributed by atoms with van der Waals surface area (Å²) in [5.41, 5.74) is 1.27. The Labute approximate surface area is 101 Å². The van der Waals surface area contributed by atoms with Crippen molar-refractivity contribution < 1.29 is 0 Å². The third-order valence-corrected chi connectivity index (χ3v) is 3.87. The van der Waals surface area contributed by atoms with Gasteiger partial charge in [0.25, 0.3) is 0 Å². The van der Waals surface area contributed by atoms with E-state index in [-0.39, 0.29) is 0 Å². The Morgan fingerprint density at radius 2 is 2.00 bits per heavy atom. The lowest BCUT2D eigenvalue weighted by atomic mass is 10.3. The van der Waals surface area contributed by atoms with E-state index in [9.17, 15) is 0 Å². The van der Waals surface area contributed by atoms with Gasteiger partial charge in [0.15, 0.2) is 5.16 Å². The molecule has 1 aliphatic carbocycles. The van der Waals surface area contributed by atoms with Gasteiger partial charge in [-0.2, -0.15) is 0 Å². The smallest absolute Gasteiger partial charge is 0.189 e. The normalized spacial score (nSPS) is 20.4. The molecule has 2 fully saturated rings. The lowest BCUT2D eigenvalue weighted by molar-refractivity contribution is 0.840. The summed E-state index contributed by atoms with van der Waals surface area (Å²) in [6.45, 7) is 2.32. The lowest BCUT2D eigenvalue weighted by Crippen LogP contribution is -2.19. The summed E-state index contributed by atoms with van der Waals surface area (Å²) in [5.74, 6) is 1.87. The predicted octanol–water partition coefficient (Wildman–Crippen LogP) is 2.68. The fourth-order valence-electron chi connectivity index (χ4n) is 2.22. The molecule has 0 N–H and O–H groups in total. The van der Waals surface area contributed by atoms with Gasteiger partial charge < -0.3 is 4.90 Å². The van der Waals surface area contributed by atoms with E-state index >= 15 is 0 Å². The predicted molar refractivity (Wildman–Crippen MR) is 67.2 cm³/mol. The van der Waals surface area contributed by atoms with Gasteiger partial charge in [-0.25, -0.2) is 9.97 Å². The third kappa shape index (κ3) is 2.03. The summed E-state index contributed by atoms with van der Waals surface area (Å²) < 4.78 is 0. The van der Waals surface area contributed by atoms with Crippen LogP contribution >= 0.6 is 11.8 Å². The Morgan fingerprint density at radius 1 is 1.25 bits per heavy atom. The monoisotopic (exact) mass is 235 g/mol. The van der Waals surface area contributed by atoms with Crippen LogP contribution in [0.15, 0.2) is 11.2 Å². The highest BCUT2D eigenvalue weighted by atomic mass is 32.2. The minimum atomic E-state index is 0.718. The molecule has 4 heteroatoms. The first-order chi connectivity index (χ1) is 7.86. The zero-order valence-electron chi connectivity index (χ0n) is 9.65. The summed E-state index contributed by atoms with van der Waals surface area (Å²) in [7, 11) is 0. The molecule has 1 aromatic heterocycles. The summed E-state index contributed by atoms with van der Waals surface area (Å²) in [6, 6.07) is 2.21. The summed E-state index contributed by atoms with van der Waals surface area (Å²) in [5, 5.41) is 0.936. The largest absolute Gasteiger partial charge is 0.356 e. The van der Waals surface area contributed by atoms with Crippen LogP contribution in [0, 0.1) is 0 Å². The van der Waals surface area contributed by atoms with E-state index in [0.717, 1.165) is 30.0 Å². The summed E-state index contributed by atoms with van der Waals surface area (Å²) in [6.07, 6.45) is 7.28. The molecule has 1 aromatic rings. The highest BCUT2D eigenvalue weighted by Crippen LogP contribution is 2.40. The lowest BCUT2D eigenvalue weighted by Gasteiger charge is -2.17. The molecule has 16 heavy (non-hydrogen) atoms. The molecular formula is C12H17N3S. The van der Waals surface area contributed by atoms with Crippen LogP contribution in [0.3, 0.4) is 0 Å². The van der Waals surface area contributed by atoms with E-state index in [1.807, 2.05) is 0 Å². The van der Waals surface area contributed by atoms with Gasteiger partial charge in [0.2, 0.25) is 0 Å². The van der Waals surface area contributed by atoms with Crippen LogP contribution in [0.25, 0.3) is 0 Å². The Hall–Kier alpha value is -0.770. The maximum absolute atomic E-state index is 4.62. The van der Waals surface area contributed by atoms with E-state index in [2.05, 4.69) is 27.2 Å². The van der Waals surface area contributed by atoms with Gasteiger partial charge in [-0.05, 0) is 31.9 Å². The molecule has 0 aromatic carbocycles. The zero-order valence-corrected chi connectivity index (χ0v) is 10.5. The second-order valence-corrected chi connectivity index (χ2v) is 5.38.